The number of nitrogens with zero attached hydrogens (tertiary/aromatic N) is 5. The highest BCUT2D eigenvalue weighted by Gasteiger charge is 2.21. The molecule has 4 rings (SSSR count). The summed E-state index contributed by atoms with van der Waals surface area (Å²) in [7, 11) is 0. The number of thiazole rings is 1. The van der Waals surface area contributed by atoms with Crippen LogP contribution in [0.5, 0.6) is 0 Å². The molecule has 1 aliphatic carbocycles. The predicted molar refractivity (Wildman–Crippen MR) is 117 cm³/mol. The van der Waals surface area contributed by atoms with Gasteiger partial charge in [0, 0.05) is 18.7 Å². The van der Waals surface area contributed by atoms with Crippen molar-refractivity contribution < 1.29 is 4.79 Å². The summed E-state index contributed by atoms with van der Waals surface area (Å²) < 4.78 is 2.56. The minimum absolute atomic E-state index is 0.208. The topological polar surface area (TPSA) is 112 Å². The second-order valence-electron chi connectivity index (χ2n) is 7.65. The molecule has 1 unspecified atom stereocenters. The normalized spacial score (nSPS) is 13.8. The molecule has 0 saturated carbocycles. The van der Waals surface area contributed by atoms with Crippen molar-refractivity contribution in [2.75, 3.05) is 6.54 Å². The van der Waals surface area contributed by atoms with E-state index in [0.717, 1.165) is 46.1 Å². The van der Waals surface area contributed by atoms with Crippen LogP contribution in [0.4, 0.5) is 0 Å². The van der Waals surface area contributed by atoms with Crippen LogP contribution in [0.25, 0.3) is 10.6 Å². The van der Waals surface area contributed by atoms with Crippen LogP contribution in [0, 0.1) is 13.8 Å². The number of nitrogens with one attached hydrogen (secondary N) is 1. The van der Waals surface area contributed by atoms with E-state index in [1.165, 1.54) is 26.8 Å². The van der Waals surface area contributed by atoms with E-state index in [-0.39, 0.29) is 30.1 Å². The highest BCUT2D eigenvalue weighted by atomic mass is 32.1. The van der Waals surface area contributed by atoms with Crippen LogP contribution in [0.1, 0.15) is 41.3 Å². The van der Waals surface area contributed by atoms with Gasteiger partial charge in [0.1, 0.15) is 11.7 Å². The summed E-state index contributed by atoms with van der Waals surface area (Å²) in [5.41, 5.74) is 2.89. The van der Waals surface area contributed by atoms with E-state index < -0.39 is 6.04 Å². The van der Waals surface area contributed by atoms with Crippen molar-refractivity contribution in [2.24, 2.45) is 0 Å². The first-order chi connectivity index (χ1) is 14.8. The molecule has 1 amide bonds. The molecule has 0 spiro atoms. The zero-order valence-corrected chi connectivity index (χ0v) is 18.5. The number of fused-ring (bicyclic) bond motifs is 1. The lowest BCUT2D eigenvalue weighted by atomic mass is 10.2. The summed E-state index contributed by atoms with van der Waals surface area (Å²) in [6.45, 7) is 5.90. The van der Waals surface area contributed by atoms with Crippen LogP contribution < -0.4 is 16.4 Å². The zero-order valence-electron chi connectivity index (χ0n) is 17.7. The third-order valence-corrected chi connectivity index (χ3v) is 6.45. The fourth-order valence-corrected chi connectivity index (χ4v) is 4.62. The van der Waals surface area contributed by atoms with Crippen molar-refractivity contribution in [3.8, 4) is 10.6 Å². The summed E-state index contributed by atoms with van der Waals surface area (Å²) >= 11 is 1.52. The van der Waals surface area contributed by atoms with E-state index in [2.05, 4.69) is 20.5 Å². The number of rotatable bonds is 6. The third kappa shape index (κ3) is 4.34. The fourth-order valence-electron chi connectivity index (χ4n) is 3.74. The molecule has 3 heterocycles. The van der Waals surface area contributed by atoms with Crippen LogP contribution in [-0.2, 0) is 24.2 Å². The highest BCUT2D eigenvalue weighted by Crippen LogP contribution is 2.27. The first-order valence-electron chi connectivity index (χ1n) is 10.3. The SMILES string of the molecule is Cc1nc(C)c(-c2ccc(=O)n(CCNC(=O)C(C)n3nc4c(cc3=O)CCC4)n2)s1. The highest BCUT2D eigenvalue weighted by molar-refractivity contribution is 7.15. The van der Waals surface area contributed by atoms with Gasteiger partial charge in [0.25, 0.3) is 11.1 Å². The average Bonchev–Trinajstić information content (AvgIpc) is 3.33. The van der Waals surface area contributed by atoms with Gasteiger partial charge in [-0.1, -0.05) is 0 Å². The Bertz CT molecular complexity index is 1260. The van der Waals surface area contributed by atoms with E-state index in [1.807, 2.05) is 13.8 Å². The molecule has 9 nitrogen and oxygen atoms in total. The lowest BCUT2D eigenvalue weighted by molar-refractivity contribution is -0.124. The Morgan fingerprint density at radius 2 is 2.00 bits per heavy atom. The molecule has 162 valence electrons. The van der Waals surface area contributed by atoms with Crippen molar-refractivity contribution in [3.05, 3.63) is 60.9 Å². The number of amides is 1. The largest absolute Gasteiger partial charge is 0.352 e. The van der Waals surface area contributed by atoms with Crippen LogP contribution in [0.3, 0.4) is 0 Å². The molecule has 0 radical (unpaired) electrons. The van der Waals surface area contributed by atoms with Gasteiger partial charge in [-0.25, -0.2) is 14.3 Å². The third-order valence-electron chi connectivity index (χ3n) is 5.35. The lowest BCUT2D eigenvalue weighted by Crippen LogP contribution is -2.39. The standard InChI is InChI=1S/C21H24N6O3S/c1-12-20(31-14(3)23-12)17-7-8-18(28)26(24-17)10-9-22-21(30)13(2)27-19(29)11-15-5-4-6-16(15)25-27/h7-8,11,13H,4-6,9-10H2,1-3H3,(H,22,30). The summed E-state index contributed by atoms with van der Waals surface area (Å²) in [6, 6.07) is 4.00. The van der Waals surface area contributed by atoms with Crippen molar-refractivity contribution >= 4 is 17.2 Å². The van der Waals surface area contributed by atoms with Gasteiger partial charge in [0.2, 0.25) is 5.91 Å². The van der Waals surface area contributed by atoms with Crippen LogP contribution in [0.2, 0.25) is 0 Å². The summed E-state index contributed by atoms with van der Waals surface area (Å²) in [6.07, 6.45) is 2.67. The van der Waals surface area contributed by atoms with Crippen molar-refractivity contribution in [1.29, 1.82) is 0 Å². The van der Waals surface area contributed by atoms with Gasteiger partial charge in [-0.05, 0) is 51.7 Å². The Hall–Kier alpha value is -3.14. The van der Waals surface area contributed by atoms with Gasteiger partial charge in [0.05, 0.1) is 27.8 Å². The Morgan fingerprint density at radius 3 is 2.74 bits per heavy atom. The molecule has 1 aliphatic rings. The number of hydrogen-bond donors (Lipinski definition) is 1. The monoisotopic (exact) mass is 440 g/mol. The second-order valence-corrected chi connectivity index (χ2v) is 8.85. The van der Waals surface area contributed by atoms with Gasteiger partial charge in [-0.15, -0.1) is 11.3 Å². The molecule has 0 bridgehead atoms. The maximum atomic E-state index is 12.6. The number of aryl methyl sites for hydroxylation is 4. The van der Waals surface area contributed by atoms with Crippen molar-refractivity contribution in [2.45, 2.75) is 52.6 Å². The van der Waals surface area contributed by atoms with Crippen molar-refractivity contribution in [3.63, 3.8) is 0 Å². The van der Waals surface area contributed by atoms with E-state index >= 15 is 0 Å². The maximum absolute atomic E-state index is 12.6. The smallest absolute Gasteiger partial charge is 0.267 e. The van der Waals surface area contributed by atoms with Gasteiger partial charge in [0.15, 0.2) is 0 Å². The molecule has 31 heavy (non-hydrogen) atoms. The van der Waals surface area contributed by atoms with Gasteiger partial charge < -0.3 is 5.32 Å². The summed E-state index contributed by atoms with van der Waals surface area (Å²) in [5, 5.41) is 12.5. The molecule has 0 aromatic carbocycles. The van der Waals surface area contributed by atoms with Gasteiger partial charge in [-0.2, -0.15) is 10.2 Å². The molecular weight excluding hydrogens is 416 g/mol. The minimum atomic E-state index is -0.739. The van der Waals surface area contributed by atoms with E-state index in [0.29, 0.717) is 5.69 Å². The maximum Gasteiger partial charge on any atom is 0.267 e. The van der Waals surface area contributed by atoms with Crippen molar-refractivity contribution in [1.82, 2.24) is 29.9 Å². The molecule has 0 aliphatic heterocycles. The molecule has 1 atom stereocenters. The summed E-state index contributed by atoms with van der Waals surface area (Å²) in [5.74, 6) is -0.328. The Balaban J connectivity index is 1.43. The van der Waals surface area contributed by atoms with Crippen LogP contribution in [-0.4, -0.2) is 37.0 Å². The van der Waals surface area contributed by atoms with Crippen LogP contribution in [0.15, 0.2) is 27.8 Å². The first kappa shape index (κ1) is 21.1. The van der Waals surface area contributed by atoms with E-state index in [4.69, 9.17) is 0 Å². The molecule has 1 N–H and O–H groups in total. The number of carbonyl (C=O) groups is 1. The quantitative estimate of drug-likeness (QED) is 0.620. The van der Waals surface area contributed by atoms with Gasteiger partial charge >= 0.3 is 0 Å². The lowest BCUT2D eigenvalue weighted by Gasteiger charge is -2.15. The zero-order chi connectivity index (χ0) is 22.1. The number of carbonyl (C=O) groups excluding carboxylic acids is 1. The Morgan fingerprint density at radius 1 is 1.19 bits per heavy atom. The predicted octanol–water partition coefficient (Wildman–Crippen LogP) is 1.41. The minimum Gasteiger partial charge on any atom is -0.352 e. The Kier molecular flexibility index (Phi) is 5.81. The molecule has 10 heteroatoms. The number of aromatic nitrogens is 5. The molecule has 3 aromatic heterocycles. The average molecular weight is 441 g/mol. The molecular formula is C21H24N6O3S. The molecule has 3 aromatic rings. The first-order valence-corrected chi connectivity index (χ1v) is 11.1. The van der Waals surface area contributed by atoms with E-state index in [9.17, 15) is 14.4 Å². The van der Waals surface area contributed by atoms with Crippen LogP contribution >= 0.6 is 11.3 Å². The fraction of sp³-hybridized carbons (Fsp3) is 0.429. The second kappa shape index (κ2) is 8.54. The molecule has 0 saturated heterocycles. The molecule has 0 fully saturated rings. The summed E-state index contributed by atoms with van der Waals surface area (Å²) in [4.78, 5) is 42.4. The Labute approximate surface area is 182 Å². The number of hydrogen-bond acceptors (Lipinski definition) is 7. The van der Waals surface area contributed by atoms with Gasteiger partial charge in [-0.3, -0.25) is 14.4 Å². The van der Waals surface area contributed by atoms with E-state index in [1.54, 1.807) is 19.1 Å².